The van der Waals surface area contributed by atoms with Crippen molar-refractivity contribution < 1.29 is 4.42 Å². The number of rotatable bonds is 8. The van der Waals surface area contributed by atoms with Crippen LogP contribution < -0.4 is 20.7 Å². The zero-order chi connectivity index (χ0) is 41.7. The van der Waals surface area contributed by atoms with Crippen LogP contribution in [0, 0.1) is 0 Å². The number of nitrogens with zero attached hydrogens (tertiary/aromatic N) is 5. The minimum Gasteiger partial charge on any atom is -0.454 e. The third-order valence-corrected chi connectivity index (χ3v) is 17.1. The smallest absolute Gasteiger partial charge is 0.179 e. The first-order valence-corrected chi connectivity index (χ1v) is 23.1. The third-order valence-electron chi connectivity index (χ3n) is 12.3. The van der Waals surface area contributed by atoms with E-state index in [2.05, 4.69) is 204 Å². The Morgan fingerprint density at radius 1 is 0.397 bits per heavy atom. The number of aromatic nitrogens is 5. The zero-order valence-corrected chi connectivity index (χ0v) is 35.0. The van der Waals surface area contributed by atoms with Crippen molar-refractivity contribution in [3.8, 4) is 39.9 Å². The van der Waals surface area contributed by atoms with Crippen molar-refractivity contribution in [3.05, 3.63) is 225 Å². The molecule has 0 spiro atoms. The number of hydrogen-bond acceptors (Lipinski definition) is 5. The average molecular weight is 824 g/mol. The first kappa shape index (κ1) is 36.6. The summed E-state index contributed by atoms with van der Waals surface area (Å²) < 4.78 is 8.62. The van der Waals surface area contributed by atoms with E-state index in [1.54, 1.807) is 12.4 Å². The lowest BCUT2D eigenvalue weighted by Crippen LogP contribution is -2.74. The van der Waals surface area contributed by atoms with Crippen molar-refractivity contribution in [1.29, 1.82) is 0 Å². The summed E-state index contributed by atoms with van der Waals surface area (Å²) in [5, 5.41) is 9.54. The summed E-state index contributed by atoms with van der Waals surface area (Å²) in [5.74, 6) is 1.73. The second-order valence-corrected chi connectivity index (χ2v) is 19.6. The van der Waals surface area contributed by atoms with Crippen LogP contribution in [0.3, 0.4) is 0 Å². The summed E-state index contributed by atoms with van der Waals surface area (Å²) in [4.78, 5) is 20.2. The summed E-state index contributed by atoms with van der Waals surface area (Å²) in [5.41, 5.74) is 7.41. The molecule has 0 saturated heterocycles. The van der Waals surface area contributed by atoms with Crippen LogP contribution in [-0.4, -0.2) is 32.6 Å². The number of hydrogen-bond donors (Lipinski definition) is 0. The Morgan fingerprint density at radius 2 is 0.937 bits per heavy atom. The first-order chi connectivity index (χ1) is 31.2. The Kier molecular flexibility index (Phi) is 8.72. The molecule has 12 aromatic rings. The molecule has 0 unspecified atom stereocenters. The van der Waals surface area contributed by atoms with Gasteiger partial charge in [-0.15, -0.1) is 0 Å². The van der Waals surface area contributed by atoms with E-state index in [-0.39, 0.29) is 0 Å². The highest BCUT2D eigenvalue weighted by Gasteiger charge is 2.41. The van der Waals surface area contributed by atoms with Crippen LogP contribution in [0.5, 0.6) is 0 Å². The number of furan rings is 1. The zero-order valence-electron chi connectivity index (χ0n) is 34.0. The van der Waals surface area contributed by atoms with Gasteiger partial charge in [0.15, 0.2) is 31.1 Å². The van der Waals surface area contributed by atoms with Gasteiger partial charge in [-0.25, -0.2) is 15.0 Å². The second-order valence-electron chi connectivity index (χ2n) is 15.8. The van der Waals surface area contributed by atoms with Crippen LogP contribution in [0.4, 0.5) is 0 Å². The molecule has 0 fully saturated rings. The van der Waals surface area contributed by atoms with Crippen LogP contribution in [0.25, 0.3) is 83.6 Å². The van der Waals surface area contributed by atoms with Crippen LogP contribution in [0.1, 0.15) is 0 Å². The summed E-state index contributed by atoms with van der Waals surface area (Å²) in [6, 6.07) is 75.6. The van der Waals surface area contributed by atoms with Gasteiger partial charge in [-0.1, -0.05) is 176 Å². The van der Waals surface area contributed by atoms with Crippen LogP contribution in [0.2, 0.25) is 0 Å². The van der Waals surface area contributed by atoms with Crippen molar-refractivity contribution in [2.75, 3.05) is 0 Å². The van der Waals surface area contributed by atoms with Gasteiger partial charge in [-0.3, -0.25) is 4.98 Å². The minimum atomic E-state index is -2.74. The quantitative estimate of drug-likeness (QED) is 0.113. The van der Waals surface area contributed by atoms with Crippen molar-refractivity contribution in [2.45, 2.75) is 0 Å². The number of fused-ring (bicyclic) bond motifs is 6. The first-order valence-electron chi connectivity index (χ1n) is 21.1. The summed E-state index contributed by atoms with van der Waals surface area (Å²) >= 11 is 0. The highest BCUT2D eigenvalue weighted by Crippen LogP contribution is 2.37. The fraction of sp³-hybridized carbons (Fsp3) is 0. The van der Waals surface area contributed by atoms with E-state index >= 15 is 0 Å². The van der Waals surface area contributed by atoms with E-state index in [9.17, 15) is 0 Å². The van der Waals surface area contributed by atoms with Gasteiger partial charge in [0.25, 0.3) is 0 Å². The van der Waals surface area contributed by atoms with Gasteiger partial charge in [-0.2, -0.15) is 0 Å². The van der Waals surface area contributed by atoms with Crippen molar-refractivity contribution >= 4 is 72.6 Å². The monoisotopic (exact) mass is 823 g/mol. The third kappa shape index (κ3) is 6.01. The Labute approximate surface area is 364 Å². The molecule has 7 heteroatoms. The van der Waals surface area contributed by atoms with Gasteiger partial charge in [-0.05, 0) is 57.1 Å². The topological polar surface area (TPSA) is 69.6 Å². The van der Waals surface area contributed by atoms with E-state index < -0.39 is 8.07 Å². The maximum absolute atomic E-state index is 6.29. The van der Waals surface area contributed by atoms with Crippen molar-refractivity contribution in [3.63, 3.8) is 0 Å². The van der Waals surface area contributed by atoms with Gasteiger partial charge >= 0.3 is 0 Å². The molecule has 4 heterocycles. The van der Waals surface area contributed by atoms with Gasteiger partial charge in [0.2, 0.25) is 0 Å². The van der Waals surface area contributed by atoms with Crippen LogP contribution >= 0.6 is 0 Å². The normalized spacial score (nSPS) is 11.8. The largest absolute Gasteiger partial charge is 0.454 e. The molecular weight excluding hydrogens is 787 g/mol. The lowest BCUT2D eigenvalue weighted by molar-refractivity contribution is 0.667. The molecule has 4 aromatic heterocycles. The molecule has 6 nitrogen and oxygen atoms in total. The van der Waals surface area contributed by atoms with E-state index in [1.807, 2.05) is 18.2 Å². The molecule has 0 radical (unpaired) electrons. The number of benzene rings is 8. The Balaban J connectivity index is 1.06. The van der Waals surface area contributed by atoms with Gasteiger partial charge in [0, 0.05) is 50.1 Å². The molecule has 63 heavy (non-hydrogen) atoms. The Morgan fingerprint density at radius 3 is 1.57 bits per heavy atom. The number of pyridine rings is 1. The molecular formula is C56H37N5OSi. The molecule has 0 amide bonds. The minimum absolute atomic E-state index is 0.563. The lowest BCUT2D eigenvalue weighted by Gasteiger charge is -2.34. The highest BCUT2D eigenvalue weighted by molar-refractivity contribution is 7.19. The van der Waals surface area contributed by atoms with E-state index in [1.165, 1.54) is 31.5 Å². The van der Waals surface area contributed by atoms with Crippen molar-refractivity contribution in [1.82, 2.24) is 24.5 Å². The standard InChI is InChI=1S/C56H37N5OSi/c1-4-18-41(19-5-1)63(42-20-6-2-7-21-42,43-22-8-3-9-23-43)44-32-30-38(31-33-44)54-58-55(60-56(59-54)48-26-15-29-51-53(48)47-34-35-57-37-52(47)62-51)39-16-14-17-40(36-39)61-49-27-12-10-24-45(49)46-25-11-13-28-50(46)61/h1-37H. The lowest BCUT2D eigenvalue weighted by atomic mass is 10.1. The summed E-state index contributed by atoms with van der Waals surface area (Å²) in [7, 11) is -2.74. The molecule has 0 atom stereocenters. The maximum atomic E-state index is 6.29. The van der Waals surface area contributed by atoms with Gasteiger partial charge in [0.1, 0.15) is 5.58 Å². The average Bonchev–Trinajstić information content (AvgIpc) is 3.92. The Bertz CT molecular complexity index is 3470. The Hall–Kier alpha value is -8.26. The van der Waals surface area contributed by atoms with E-state index in [0.717, 1.165) is 49.8 Å². The second kappa shape index (κ2) is 15.0. The van der Waals surface area contributed by atoms with Crippen molar-refractivity contribution in [2.24, 2.45) is 0 Å². The van der Waals surface area contributed by atoms with Gasteiger partial charge in [0.05, 0.1) is 17.2 Å². The molecule has 0 saturated carbocycles. The summed E-state index contributed by atoms with van der Waals surface area (Å²) in [6.45, 7) is 0. The van der Waals surface area contributed by atoms with E-state index in [4.69, 9.17) is 19.4 Å². The molecule has 0 bridgehead atoms. The molecule has 0 aliphatic carbocycles. The van der Waals surface area contributed by atoms with E-state index in [0.29, 0.717) is 23.1 Å². The highest BCUT2D eigenvalue weighted by atomic mass is 28.3. The predicted molar refractivity (Wildman–Crippen MR) is 259 cm³/mol. The maximum Gasteiger partial charge on any atom is 0.179 e. The predicted octanol–water partition coefficient (Wildman–Crippen LogP) is 10.6. The van der Waals surface area contributed by atoms with Gasteiger partial charge < -0.3 is 8.98 Å². The summed E-state index contributed by atoms with van der Waals surface area (Å²) in [6.07, 6.45) is 3.55. The molecule has 0 N–H and O–H groups in total. The molecule has 12 rings (SSSR count). The molecule has 296 valence electrons. The van der Waals surface area contributed by atoms with Crippen LogP contribution in [-0.2, 0) is 0 Å². The fourth-order valence-electron chi connectivity index (χ4n) is 9.54. The fourth-order valence-corrected chi connectivity index (χ4v) is 14.3. The molecule has 0 aliphatic rings. The molecule has 0 aliphatic heterocycles. The SMILES string of the molecule is c1ccc([Si](c2ccccc2)(c2ccccc2)c2ccc(-c3nc(-c4cccc(-n5c6ccccc6c6ccccc65)c4)nc(-c4cccc5oc6cnccc6c45)n3)cc2)cc1. The molecule has 8 aromatic carbocycles. The number of para-hydroxylation sites is 2. The van der Waals surface area contributed by atoms with Crippen LogP contribution in [0.15, 0.2) is 229 Å².